The number of thioether (sulfide) groups is 1. The average Bonchev–Trinajstić information content (AvgIpc) is 3.35. The van der Waals surface area contributed by atoms with Crippen molar-refractivity contribution < 1.29 is 14.0 Å². The molecule has 2 N–H and O–H groups in total. The van der Waals surface area contributed by atoms with Gasteiger partial charge in [0.1, 0.15) is 11.6 Å². The van der Waals surface area contributed by atoms with Crippen LogP contribution < -0.4 is 10.9 Å². The van der Waals surface area contributed by atoms with E-state index in [1.807, 2.05) is 11.6 Å². The highest BCUT2D eigenvalue weighted by Gasteiger charge is 2.29. The number of carbonyl (C=O) groups is 2. The van der Waals surface area contributed by atoms with Gasteiger partial charge >= 0.3 is 0 Å². The predicted molar refractivity (Wildman–Crippen MR) is 85.7 cm³/mol. The number of hydrogen-bond acceptors (Lipinski definition) is 5. The van der Waals surface area contributed by atoms with E-state index >= 15 is 0 Å². The molecule has 3 rings (SSSR count). The third-order valence-electron chi connectivity index (χ3n) is 3.58. The summed E-state index contributed by atoms with van der Waals surface area (Å²) in [5, 5.41) is 8.84. The summed E-state index contributed by atoms with van der Waals surface area (Å²) >= 11 is 1.22. The largest absolute Gasteiger partial charge is 0.309 e. The molecule has 126 valence electrons. The molecule has 24 heavy (non-hydrogen) atoms. The Labute approximate surface area is 142 Å². The van der Waals surface area contributed by atoms with Gasteiger partial charge in [-0.1, -0.05) is 23.9 Å². The summed E-state index contributed by atoms with van der Waals surface area (Å²) in [5.41, 5.74) is 4.31. The van der Waals surface area contributed by atoms with Crippen molar-refractivity contribution in [3.8, 4) is 0 Å². The molecular weight excluding hydrogens is 333 g/mol. The summed E-state index contributed by atoms with van der Waals surface area (Å²) in [6, 6.07) is 5.54. The fourth-order valence-corrected chi connectivity index (χ4v) is 2.87. The molecule has 0 bridgehead atoms. The highest BCUT2D eigenvalue weighted by atomic mass is 32.2. The summed E-state index contributed by atoms with van der Waals surface area (Å²) in [6.45, 7) is 0. The zero-order valence-corrected chi connectivity index (χ0v) is 13.8. The molecule has 7 nitrogen and oxygen atoms in total. The molecule has 2 aromatic rings. The van der Waals surface area contributed by atoms with Gasteiger partial charge < -0.3 is 4.57 Å². The molecule has 1 aliphatic rings. The number of nitrogens with zero attached hydrogens (tertiary/aromatic N) is 3. The topological polar surface area (TPSA) is 88.9 Å². The molecule has 1 fully saturated rings. The van der Waals surface area contributed by atoms with Crippen LogP contribution >= 0.6 is 11.8 Å². The molecule has 0 spiro atoms. The first-order valence-corrected chi connectivity index (χ1v) is 8.40. The van der Waals surface area contributed by atoms with Gasteiger partial charge in [-0.2, -0.15) is 0 Å². The third kappa shape index (κ3) is 3.73. The Balaban J connectivity index is 1.48. The number of nitrogens with one attached hydrogen (secondary N) is 2. The molecule has 1 aromatic carbocycles. The number of hydrogen-bond donors (Lipinski definition) is 2. The second kappa shape index (κ2) is 7.00. The Morgan fingerprint density at radius 1 is 1.29 bits per heavy atom. The van der Waals surface area contributed by atoms with Crippen LogP contribution in [0.3, 0.4) is 0 Å². The second-order valence-electron chi connectivity index (χ2n) is 5.44. The highest BCUT2D eigenvalue weighted by molar-refractivity contribution is 7.99. The zero-order chi connectivity index (χ0) is 17.1. The molecule has 0 unspecified atom stereocenters. The Morgan fingerprint density at radius 3 is 2.75 bits per heavy atom. The van der Waals surface area contributed by atoms with Gasteiger partial charge in [-0.25, -0.2) is 4.39 Å². The Kier molecular flexibility index (Phi) is 4.79. The van der Waals surface area contributed by atoms with Gasteiger partial charge in [0, 0.05) is 13.0 Å². The van der Waals surface area contributed by atoms with E-state index in [1.165, 1.54) is 30.0 Å². The van der Waals surface area contributed by atoms with Crippen LogP contribution in [0.25, 0.3) is 0 Å². The Morgan fingerprint density at radius 2 is 2.04 bits per heavy atom. The maximum Gasteiger partial charge on any atom is 0.272 e. The Bertz CT molecular complexity index is 775. The Hall–Kier alpha value is -2.42. The number of halogens is 1. The van der Waals surface area contributed by atoms with Gasteiger partial charge in [-0.15, -0.1) is 10.2 Å². The molecule has 1 aromatic heterocycles. The van der Waals surface area contributed by atoms with E-state index in [0.717, 1.165) is 18.7 Å². The third-order valence-corrected chi connectivity index (χ3v) is 4.60. The van der Waals surface area contributed by atoms with Gasteiger partial charge in [0.2, 0.25) is 5.91 Å². The molecule has 2 amide bonds. The fraction of sp³-hybridized carbons (Fsp3) is 0.333. The standard InChI is InChI=1S/C15H16FN5O2S/c1-21-13(9-6-7-9)18-20-15(21)24-8-12(22)17-19-14(23)10-4-2-3-5-11(10)16/h2-5,9H,6-8H2,1H3,(H,17,22)(H,19,23). The van der Waals surface area contributed by atoms with Crippen molar-refractivity contribution in [3.05, 3.63) is 41.5 Å². The van der Waals surface area contributed by atoms with E-state index in [-0.39, 0.29) is 11.3 Å². The van der Waals surface area contributed by atoms with Gasteiger partial charge in [-0.05, 0) is 25.0 Å². The summed E-state index contributed by atoms with van der Waals surface area (Å²) in [6.07, 6.45) is 2.25. The summed E-state index contributed by atoms with van der Waals surface area (Å²) in [5.74, 6) is -0.294. The zero-order valence-electron chi connectivity index (χ0n) is 13.0. The number of carbonyl (C=O) groups excluding carboxylic acids is 2. The van der Waals surface area contributed by atoms with Gasteiger partial charge in [0.15, 0.2) is 5.16 Å². The van der Waals surface area contributed by atoms with Crippen LogP contribution in [0.1, 0.15) is 34.9 Å². The number of benzene rings is 1. The lowest BCUT2D eigenvalue weighted by Crippen LogP contribution is -2.42. The normalized spacial score (nSPS) is 13.6. The minimum atomic E-state index is -0.707. The van der Waals surface area contributed by atoms with Crippen LogP contribution in [0, 0.1) is 5.82 Å². The quantitative estimate of drug-likeness (QED) is 0.629. The van der Waals surface area contributed by atoms with E-state index in [0.29, 0.717) is 11.1 Å². The number of aromatic nitrogens is 3. The monoisotopic (exact) mass is 349 g/mol. The fourth-order valence-electron chi connectivity index (χ4n) is 2.15. The van der Waals surface area contributed by atoms with Crippen molar-refractivity contribution in [2.24, 2.45) is 7.05 Å². The van der Waals surface area contributed by atoms with Crippen molar-refractivity contribution in [2.45, 2.75) is 23.9 Å². The molecule has 1 aliphatic carbocycles. The first-order valence-electron chi connectivity index (χ1n) is 7.42. The maximum absolute atomic E-state index is 13.5. The van der Waals surface area contributed by atoms with Crippen molar-refractivity contribution in [1.29, 1.82) is 0 Å². The van der Waals surface area contributed by atoms with E-state index < -0.39 is 17.6 Å². The average molecular weight is 349 g/mol. The van der Waals surface area contributed by atoms with Crippen molar-refractivity contribution in [3.63, 3.8) is 0 Å². The minimum Gasteiger partial charge on any atom is -0.309 e. The van der Waals surface area contributed by atoms with Gasteiger partial charge in [0.25, 0.3) is 5.91 Å². The molecule has 0 atom stereocenters. The first-order chi connectivity index (χ1) is 11.6. The molecular formula is C15H16FN5O2S. The van der Waals surface area contributed by atoms with Crippen LogP contribution in [-0.2, 0) is 11.8 Å². The van der Waals surface area contributed by atoms with E-state index in [4.69, 9.17) is 0 Å². The minimum absolute atomic E-state index is 0.0637. The van der Waals surface area contributed by atoms with Gasteiger partial charge in [-0.3, -0.25) is 20.4 Å². The van der Waals surface area contributed by atoms with Crippen LogP contribution in [0.5, 0.6) is 0 Å². The van der Waals surface area contributed by atoms with E-state index in [2.05, 4.69) is 21.0 Å². The molecule has 0 aliphatic heterocycles. The molecule has 0 saturated heterocycles. The SMILES string of the molecule is Cn1c(SCC(=O)NNC(=O)c2ccccc2F)nnc1C1CC1. The van der Waals surface area contributed by atoms with Crippen LogP contribution in [0.2, 0.25) is 0 Å². The summed E-state index contributed by atoms with van der Waals surface area (Å²) in [7, 11) is 1.87. The van der Waals surface area contributed by atoms with Crippen molar-refractivity contribution >= 4 is 23.6 Å². The number of amides is 2. The number of rotatable bonds is 5. The second-order valence-corrected chi connectivity index (χ2v) is 6.39. The van der Waals surface area contributed by atoms with Crippen LogP contribution in [0.15, 0.2) is 29.4 Å². The lowest BCUT2D eigenvalue weighted by molar-refractivity contribution is -0.119. The molecule has 9 heteroatoms. The van der Waals surface area contributed by atoms with Crippen molar-refractivity contribution in [1.82, 2.24) is 25.6 Å². The predicted octanol–water partition coefficient (Wildman–Crippen LogP) is 1.38. The highest BCUT2D eigenvalue weighted by Crippen LogP contribution is 2.39. The molecule has 0 radical (unpaired) electrons. The van der Waals surface area contributed by atoms with Gasteiger partial charge in [0.05, 0.1) is 11.3 Å². The van der Waals surface area contributed by atoms with E-state index in [9.17, 15) is 14.0 Å². The lowest BCUT2D eigenvalue weighted by atomic mass is 10.2. The summed E-state index contributed by atoms with van der Waals surface area (Å²) in [4.78, 5) is 23.6. The number of hydrazine groups is 1. The van der Waals surface area contributed by atoms with Crippen LogP contribution in [0.4, 0.5) is 4.39 Å². The molecule has 1 saturated carbocycles. The van der Waals surface area contributed by atoms with Crippen LogP contribution in [-0.4, -0.2) is 32.3 Å². The smallest absolute Gasteiger partial charge is 0.272 e. The first kappa shape index (κ1) is 16.4. The summed E-state index contributed by atoms with van der Waals surface area (Å²) < 4.78 is 15.3. The van der Waals surface area contributed by atoms with Crippen molar-refractivity contribution in [2.75, 3.05) is 5.75 Å². The van der Waals surface area contributed by atoms with E-state index in [1.54, 1.807) is 6.07 Å². The maximum atomic E-state index is 13.5. The lowest BCUT2D eigenvalue weighted by Gasteiger charge is -2.07. The molecule has 1 heterocycles.